The van der Waals surface area contributed by atoms with Crippen LogP contribution in [-0.2, 0) is 15.4 Å². The van der Waals surface area contributed by atoms with Gasteiger partial charge in [-0.15, -0.1) is 11.3 Å². The fourth-order valence-corrected chi connectivity index (χ4v) is 4.15. The van der Waals surface area contributed by atoms with Gasteiger partial charge in [0.15, 0.2) is 0 Å². The van der Waals surface area contributed by atoms with Crippen molar-refractivity contribution in [3.8, 4) is 0 Å². The summed E-state index contributed by atoms with van der Waals surface area (Å²) in [6, 6.07) is 4.96. The van der Waals surface area contributed by atoms with E-state index in [9.17, 15) is 8.42 Å². The Morgan fingerprint density at radius 2 is 2.00 bits per heavy atom. The topological polar surface area (TPSA) is 70.5 Å². The molecule has 116 valence electrons. The van der Waals surface area contributed by atoms with Gasteiger partial charge in [-0.05, 0) is 18.2 Å². The molecule has 1 aromatic heterocycles. The predicted molar refractivity (Wildman–Crippen MR) is 85.2 cm³/mol. The van der Waals surface area contributed by atoms with Gasteiger partial charge < -0.3 is 5.11 Å². The van der Waals surface area contributed by atoms with Crippen molar-refractivity contribution in [3.05, 3.63) is 23.2 Å². The van der Waals surface area contributed by atoms with Crippen LogP contribution in [0.1, 0.15) is 25.8 Å². The number of aliphatic hydroxyl groups is 1. The summed E-state index contributed by atoms with van der Waals surface area (Å²) in [4.78, 5) is 4.79. The van der Waals surface area contributed by atoms with Gasteiger partial charge in [0, 0.05) is 19.0 Å². The first-order chi connectivity index (χ1) is 9.66. The third-order valence-electron chi connectivity index (χ3n) is 3.12. The van der Waals surface area contributed by atoms with E-state index in [2.05, 4.69) is 25.8 Å². The van der Waals surface area contributed by atoms with E-state index < -0.39 is 10.0 Å². The van der Waals surface area contributed by atoms with Crippen LogP contribution in [0.4, 0.5) is 0 Å². The molecule has 0 aliphatic heterocycles. The maximum Gasteiger partial charge on any atom is 0.242 e. The molecule has 0 saturated heterocycles. The number of fused-ring (bicyclic) bond motifs is 1. The molecule has 0 aliphatic carbocycles. The number of sulfonamides is 1. The molecule has 0 saturated carbocycles. The van der Waals surface area contributed by atoms with Gasteiger partial charge in [0.05, 0.1) is 26.7 Å². The molecule has 21 heavy (non-hydrogen) atoms. The summed E-state index contributed by atoms with van der Waals surface area (Å²) in [6.07, 6.45) is 0. The Labute approximate surface area is 129 Å². The second kappa shape index (κ2) is 5.64. The van der Waals surface area contributed by atoms with Crippen molar-refractivity contribution in [2.45, 2.75) is 31.1 Å². The first-order valence-corrected chi connectivity index (χ1v) is 8.90. The summed E-state index contributed by atoms with van der Waals surface area (Å²) in [5.74, 6) is 0. The highest BCUT2D eigenvalue weighted by Gasteiger charge is 2.23. The first-order valence-electron chi connectivity index (χ1n) is 6.64. The number of thiazole rings is 1. The summed E-state index contributed by atoms with van der Waals surface area (Å²) >= 11 is 1.52. The van der Waals surface area contributed by atoms with Crippen LogP contribution in [0, 0.1) is 0 Å². The van der Waals surface area contributed by atoms with E-state index >= 15 is 0 Å². The van der Waals surface area contributed by atoms with Gasteiger partial charge in [0.2, 0.25) is 10.0 Å². The van der Waals surface area contributed by atoms with Crippen molar-refractivity contribution in [2.24, 2.45) is 0 Å². The smallest absolute Gasteiger partial charge is 0.242 e. The van der Waals surface area contributed by atoms with E-state index in [0.29, 0.717) is 0 Å². The van der Waals surface area contributed by atoms with Gasteiger partial charge in [-0.1, -0.05) is 20.8 Å². The molecule has 0 atom stereocenters. The van der Waals surface area contributed by atoms with Crippen LogP contribution in [0.25, 0.3) is 10.2 Å². The zero-order chi connectivity index (χ0) is 15.8. The van der Waals surface area contributed by atoms with Crippen molar-refractivity contribution >= 4 is 31.6 Å². The van der Waals surface area contributed by atoms with E-state index in [4.69, 9.17) is 5.11 Å². The number of hydrogen-bond donors (Lipinski definition) is 1. The zero-order valence-corrected chi connectivity index (χ0v) is 14.3. The molecule has 1 heterocycles. The maximum absolute atomic E-state index is 12.4. The minimum Gasteiger partial charge on any atom is -0.395 e. The Morgan fingerprint density at radius 1 is 1.33 bits per heavy atom. The molecule has 0 aliphatic rings. The zero-order valence-electron chi connectivity index (χ0n) is 12.6. The van der Waals surface area contributed by atoms with E-state index in [1.807, 2.05) is 0 Å². The summed E-state index contributed by atoms with van der Waals surface area (Å²) in [7, 11) is -2.11. The maximum atomic E-state index is 12.4. The first kappa shape index (κ1) is 16.4. The third kappa shape index (κ3) is 3.26. The lowest BCUT2D eigenvalue weighted by atomic mass is 9.98. The highest BCUT2D eigenvalue weighted by molar-refractivity contribution is 7.89. The summed E-state index contributed by atoms with van der Waals surface area (Å²) in [5.41, 5.74) is 0.754. The van der Waals surface area contributed by atoms with Gasteiger partial charge >= 0.3 is 0 Å². The summed E-state index contributed by atoms with van der Waals surface area (Å²) in [6.45, 7) is 6.12. The minimum absolute atomic E-state index is 0.0591. The second-order valence-electron chi connectivity index (χ2n) is 5.95. The van der Waals surface area contributed by atoms with E-state index in [1.54, 1.807) is 18.2 Å². The molecule has 2 rings (SSSR count). The van der Waals surface area contributed by atoms with Gasteiger partial charge in [0.1, 0.15) is 0 Å². The van der Waals surface area contributed by atoms with Crippen LogP contribution in [-0.4, -0.2) is 43.0 Å². The van der Waals surface area contributed by atoms with Gasteiger partial charge in [-0.2, -0.15) is 4.31 Å². The lowest BCUT2D eigenvalue weighted by Gasteiger charge is -2.15. The molecular weight excluding hydrogens is 308 g/mol. The Morgan fingerprint density at radius 3 is 2.57 bits per heavy atom. The number of nitrogens with zero attached hydrogens (tertiary/aromatic N) is 2. The summed E-state index contributed by atoms with van der Waals surface area (Å²) < 4.78 is 26.7. The average Bonchev–Trinajstić information content (AvgIpc) is 2.81. The van der Waals surface area contributed by atoms with Crippen molar-refractivity contribution in [1.29, 1.82) is 0 Å². The van der Waals surface area contributed by atoms with Crippen LogP contribution >= 0.6 is 11.3 Å². The van der Waals surface area contributed by atoms with Crippen LogP contribution < -0.4 is 0 Å². The fourth-order valence-electron chi connectivity index (χ4n) is 1.83. The quantitative estimate of drug-likeness (QED) is 0.934. The SMILES string of the molecule is CN(CCO)S(=O)(=O)c1ccc2nc(C(C)(C)C)sc2c1. The number of hydrogen-bond acceptors (Lipinski definition) is 5. The van der Waals surface area contributed by atoms with Crippen LogP contribution in [0.3, 0.4) is 0 Å². The molecule has 5 nitrogen and oxygen atoms in total. The standard InChI is InChI=1S/C14H20N2O3S2/c1-14(2,3)13-15-11-6-5-10(9-12(11)20-13)21(18,19)16(4)7-8-17/h5-6,9,17H,7-8H2,1-4H3. The molecular formula is C14H20N2O3S2. The Bertz CT molecular complexity index is 745. The van der Waals surface area contributed by atoms with Crippen molar-refractivity contribution in [3.63, 3.8) is 0 Å². The molecule has 1 aromatic carbocycles. The second-order valence-corrected chi connectivity index (χ2v) is 9.02. The van der Waals surface area contributed by atoms with Gasteiger partial charge in [0.25, 0.3) is 0 Å². The fraction of sp³-hybridized carbons (Fsp3) is 0.500. The molecule has 0 unspecified atom stereocenters. The highest BCUT2D eigenvalue weighted by Crippen LogP contribution is 2.32. The Balaban J connectivity index is 2.48. The largest absolute Gasteiger partial charge is 0.395 e. The Kier molecular flexibility index (Phi) is 4.39. The molecule has 7 heteroatoms. The van der Waals surface area contributed by atoms with Crippen LogP contribution in [0.5, 0.6) is 0 Å². The van der Waals surface area contributed by atoms with E-state index in [0.717, 1.165) is 19.5 Å². The van der Waals surface area contributed by atoms with Crippen LogP contribution in [0.15, 0.2) is 23.1 Å². The lowest BCUT2D eigenvalue weighted by molar-refractivity contribution is 0.266. The Hall–Kier alpha value is -1.02. The highest BCUT2D eigenvalue weighted by atomic mass is 32.2. The van der Waals surface area contributed by atoms with E-state index in [-0.39, 0.29) is 23.5 Å². The van der Waals surface area contributed by atoms with Gasteiger partial charge in [-0.3, -0.25) is 0 Å². The van der Waals surface area contributed by atoms with E-state index in [1.165, 1.54) is 18.4 Å². The number of aromatic nitrogens is 1. The number of rotatable bonds is 4. The van der Waals surface area contributed by atoms with Crippen LogP contribution in [0.2, 0.25) is 0 Å². The average molecular weight is 328 g/mol. The third-order valence-corrected chi connectivity index (χ3v) is 6.42. The van der Waals surface area contributed by atoms with Crippen molar-refractivity contribution < 1.29 is 13.5 Å². The molecule has 0 fully saturated rings. The number of likely N-dealkylation sites (N-methyl/N-ethyl adjacent to an activating group) is 1. The monoisotopic (exact) mass is 328 g/mol. The normalized spacial score (nSPS) is 13.2. The van der Waals surface area contributed by atoms with Crippen molar-refractivity contribution in [1.82, 2.24) is 9.29 Å². The predicted octanol–water partition coefficient (Wildman–Crippen LogP) is 2.21. The summed E-state index contributed by atoms with van der Waals surface area (Å²) in [5, 5.41) is 9.88. The minimum atomic E-state index is -3.57. The molecule has 2 aromatic rings. The van der Waals surface area contributed by atoms with Crippen molar-refractivity contribution in [2.75, 3.05) is 20.2 Å². The van der Waals surface area contributed by atoms with Gasteiger partial charge in [-0.25, -0.2) is 13.4 Å². The number of aliphatic hydroxyl groups excluding tert-OH is 1. The number of benzene rings is 1. The molecule has 0 amide bonds. The molecule has 0 spiro atoms. The molecule has 0 radical (unpaired) electrons. The molecule has 1 N–H and O–H groups in total. The molecule has 0 bridgehead atoms. The lowest BCUT2D eigenvalue weighted by Crippen LogP contribution is -2.29.